The fourth-order valence-electron chi connectivity index (χ4n) is 4.40. The Hall–Kier alpha value is -3.79. The highest BCUT2D eigenvalue weighted by Crippen LogP contribution is 2.17. The molecule has 0 aliphatic carbocycles. The van der Waals surface area contributed by atoms with Crippen LogP contribution in [0.3, 0.4) is 0 Å². The first-order chi connectivity index (χ1) is 31.2. The Labute approximate surface area is 389 Å². The van der Waals surface area contributed by atoms with Crippen LogP contribution in [0.25, 0.3) is 0 Å². The van der Waals surface area contributed by atoms with Gasteiger partial charge in [0.25, 0.3) is 0 Å². The fraction of sp³-hybridized carbons (Fsp3) is 0.489. The number of ether oxygens (including phenoxy) is 4. The van der Waals surface area contributed by atoms with Gasteiger partial charge in [0.15, 0.2) is 0 Å². The van der Waals surface area contributed by atoms with Gasteiger partial charge < -0.3 is 85.5 Å². The second kappa shape index (κ2) is 57.2. The third kappa shape index (κ3) is 47.7. The van der Waals surface area contributed by atoms with Gasteiger partial charge in [0.1, 0.15) is 11.5 Å². The molecule has 20 N–H and O–H groups in total. The van der Waals surface area contributed by atoms with Crippen molar-refractivity contribution in [3.05, 3.63) is 130 Å². The molecule has 0 heterocycles. The van der Waals surface area contributed by atoms with E-state index in [4.69, 9.17) is 87.0 Å². The minimum Gasteiger partial charge on any atom is -0.497 e. The number of aliphatic hydroxyl groups is 3. The van der Waals surface area contributed by atoms with Gasteiger partial charge in [-0.25, -0.2) is 0 Å². The zero-order valence-electron chi connectivity index (χ0n) is 38.9. The summed E-state index contributed by atoms with van der Waals surface area (Å²) in [5.41, 5.74) is 46.4. The predicted molar refractivity (Wildman–Crippen MR) is 268 cm³/mol. The zero-order valence-corrected chi connectivity index (χ0v) is 39.7. The van der Waals surface area contributed by atoms with E-state index in [9.17, 15) is 0 Å². The van der Waals surface area contributed by atoms with E-state index in [0.29, 0.717) is 72.2 Å². The lowest BCUT2D eigenvalue weighted by atomic mass is 10.1. The van der Waals surface area contributed by atoms with E-state index in [-0.39, 0.29) is 19.8 Å². The summed E-state index contributed by atoms with van der Waals surface area (Å²) in [4.78, 5) is 0. The maximum atomic E-state index is 8.19. The van der Waals surface area contributed by atoms with Gasteiger partial charge in [-0.3, -0.25) is 0 Å². The molecule has 0 amide bonds. The number of hydrogen-bond donors (Lipinski definition) is 12. The molecule has 4 aromatic rings. The Balaban J connectivity index is -0.000000328. The van der Waals surface area contributed by atoms with E-state index in [1.807, 2.05) is 84.9 Å². The molecule has 16 nitrogen and oxygen atoms in total. The minimum absolute atomic E-state index is 0.0833. The SMILES string of the molecule is COCCN.COc1cccc(CCN)c1.COc1ccccc1CCN.NCCNCCO.NCCO.NCCOCCO.NCCc1ccccc1.NCCc1ccccc1Cl. The summed E-state index contributed by atoms with van der Waals surface area (Å²) in [6.45, 7) is 8.34. The number of nitrogens with two attached hydrogens (primary N) is 8. The summed E-state index contributed by atoms with van der Waals surface area (Å²) in [7, 11) is 4.98. The summed E-state index contributed by atoms with van der Waals surface area (Å²) in [5, 5.41) is 27.8. The highest BCUT2D eigenvalue weighted by molar-refractivity contribution is 6.31. The number of aliphatic hydroxyl groups excluding tert-OH is 3. The van der Waals surface area contributed by atoms with Gasteiger partial charge in [-0.1, -0.05) is 90.5 Å². The maximum absolute atomic E-state index is 8.19. The molecule has 368 valence electrons. The van der Waals surface area contributed by atoms with Crippen LogP contribution in [0.5, 0.6) is 11.5 Å². The van der Waals surface area contributed by atoms with Gasteiger partial charge in [0.2, 0.25) is 0 Å². The molecule has 0 bridgehead atoms. The van der Waals surface area contributed by atoms with Gasteiger partial charge >= 0.3 is 0 Å². The van der Waals surface area contributed by atoms with Crippen molar-refractivity contribution in [1.29, 1.82) is 0 Å². The first kappa shape index (κ1) is 66.8. The standard InChI is InChI=1S/2C9H13NO.C8H10ClN.C8H11N.C4H12N2O.C4H11NO2.C3H9NO.C2H7NO/c1-11-9-4-2-3-8(7-9)5-6-10;1-11-9-5-3-2-4-8(9)6-7-10;9-8-4-2-1-3-7(8)5-6-10;9-7-6-8-4-2-1-3-5-8;5-1-2-6-3-4-7;5-1-3-7-4-2-6;1-5-3-2-4;3-1-2-4/h2-4,7H,5-6,10H2,1H3;2-5H,6-7,10H2,1H3;1-4H,5-6,10H2;1-5H,6-7,9H2;6-7H,1-5H2;6H,1-5H2;2-4H2,1H3;4H,1-3H2. The fourth-order valence-corrected chi connectivity index (χ4v) is 4.63. The van der Waals surface area contributed by atoms with Crippen LogP contribution in [0, 0.1) is 0 Å². The molecule has 64 heavy (non-hydrogen) atoms. The quantitative estimate of drug-likeness (QED) is 0.0526. The van der Waals surface area contributed by atoms with Gasteiger partial charge in [-0.2, -0.15) is 0 Å². The molecule has 0 aliphatic rings. The topological polar surface area (TPSA) is 318 Å². The van der Waals surface area contributed by atoms with Crippen LogP contribution in [-0.4, -0.2) is 142 Å². The van der Waals surface area contributed by atoms with Crippen LogP contribution in [0.4, 0.5) is 0 Å². The van der Waals surface area contributed by atoms with E-state index in [1.165, 1.54) is 16.7 Å². The van der Waals surface area contributed by atoms with Crippen molar-refractivity contribution in [2.45, 2.75) is 25.7 Å². The zero-order chi connectivity index (χ0) is 48.7. The number of halogens is 1. The molecule has 0 aliphatic heterocycles. The summed E-state index contributed by atoms with van der Waals surface area (Å²) in [5.74, 6) is 1.83. The van der Waals surface area contributed by atoms with E-state index in [0.717, 1.165) is 60.9 Å². The molecule has 4 rings (SSSR count). The molecule has 0 aromatic heterocycles. The van der Waals surface area contributed by atoms with E-state index in [2.05, 4.69) is 28.3 Å². The number of hydrogen-bond acceptors (Lipinski definition) is 16. The average Bonchev–Trinajstić information content (AvgIpc) is 3.33. The molecule has 0 saturated heterocycles. The van der Waals surface area contributed by atoms with Crippen molar-refractivity contribution in [2.24, 2.45) is 45.9 Å². The monoisotopic (exact) mass is 924 g/mol. The summed E-state index contributed by atoms with van der Waals surface area (Å²) in [6.07, 6.45) is 3.64. The van der Waals surface area contributed by atoms with Crippen molar-refractivity contribution in [3.8, 4) is 11.5 Å². The van der Waals surface area contributed by atoms with Gasteiger partial charge in [-0.15, -0.1) is 0 Å². The van der Waals surface area contributed by atoms with Crippen LogP contribution in [0.2, 0.25) is 5.02 Å². The van der Waals surface area contributed by atoms with Crippen molar-refractivity contribution >= 4 is 11.6 Å². The highest BCUT2D eigenvalue weighted by Gasteiger charge is 1.98. The molecule has 4 aromatic carbocycles. The van der Waals surface area contributed by atoms with Crippen LogP contribution in [0.1, 0.15) is 22.3 Å². The predicted octanol–water partition coefficient (Wildman–Crippen LogP) is 1.43. The summed E-state index contributed by atoms with van der Waals surface area (Å²) >= 11 is 5.85. The Morgan fingerprint density at radius 1 is 0.469 bits per heavy atom. The number of para-hydroxylation sites is 1. The van der Waals surface area contributed by atoms with Gasteiger partial charge in [0, 0.05) is 51.4 Å². The molecule has 0 fully saturated rings. The second-order valence-electron chi connectivity index (χ2n) is 12.6. The molecule has 0 atom stereocenters. The van der Waals surface area contributed by atoms with Crippen LogP contribution in [-0.2, 0) is 35.2 Å². The molecule has 0 radical (unpaired) electrons. The molecule has 17 heteroatoms. The van der Waals surface area contributed by atoms with Gasteiger partial charge in [-0.05, 0) is 98.4 Å². The van der Waals surface area contributed by atoms with E-state index in [1.54, 1.807) is 21.3 Å². The number of methoxy groups -OCH3 is 3. The van der Waals surface area contributed by atoms with Crippen molar-refractivity contribution < 1.29 is 34.3 Å². The van der Waals surface area contributed by atoms with E-state index < -0.39 is 0 Å². The van der Waals surface area contributed by atoms with Crippen molar-refractivity contribution in [3.63, 3.8) is 0 Å². The summed E-state index contributed by atoms with van der Waals surface area (Å²) in [6, 6.07) is 33.9. The highest BCUT2D eigenvalue weighted by atomic mass is 35.5. The smallest absolute Gasteiger partial charge is 0.122 e. The minimum atomic E-state index is 0.0833. The molecule has 0 unspecified atom stereocenters. The van der Waals surface area contributed by atoms with E-state index >= 15 is 0 Å². The average molecular weight is 925 g/mol. The van der Waals surface area contributed by atoms with Crippen molar-refractivity contribution in [1.82, 2.24) is 5.32 Å². The molecular formula is C47H86ClN9O7. The lowest BCUT2D eigenvalue weighted by Crippen LogP contribution is -2.24. The lowest BCUT2D eigenvalue weighted by molar-refractivity contribution is 0.0976. The molecular weight excluding hydrogens is 838 g/mol. The third-order valence-corrected chi connectivity index (χ3v) is 7.75. The Morgan fingerprint density at radius 2 is 1.00 bits per heavy atom. The Kier molecular flexibility index (Phi) is 59.7. The van der Waals surface area contributed by atoms with Crippen molar-refractivity contribution in [2.75, 3.05) is 126 Å². The number of benzene rings is 4. The van der Waals surface area contributed by atoms with Gasteiger partial charge in [0.05, 0.1) is 53.9 Å². The largest absolute Gasteiger partial charge is 0.497 e. The Morgan fingerprint density at radius 3 is 1.47 bits per heavy atom. The lowest BCUT2D eigenvalue weighted by Gasteiger charge is -2.05. The Bertz CT molecular complexity index is 1450. The summed E-state index contributed by atoms with van der Waals surface area (Å²) < 4.78 is 19.5. The van der Waals surface area contributed by atoms with Crippen LogP contribution < -0.4 is 60.7 Å². The number of rotatable bonds is 21. The third-order valence-electron chi connectivity index (χ3n) is 7.38. The second-order valence-corrected chi connectivity index (χ2v) is 13.0. The van der Waals surface area contributed by atoms with Crippen LogP contribution >= 0.6 is 11.6 Å². The molecule has 0 spiro atoms. The molecule has 0 saturated carbocycles. The first-order valence-corrected chi connectivity index (χ1v) is 21.8. The first-order valence-electron chi connectivity index (χ1n) is 21.4. The van der Waals surface area contributed by atoms with Crippen LogP contribution in [0.15, 0.2) is 103 Å². The normalized spacial score (nSPS) is 9.36. The number of nitrogens with one attached hydrogen (secondary N) is 1. The maximum Gasteiger partial charge on any atom is 0.122 e.